The van der Waals surface area contributed by atoms with Gasteiger partial charge in [0.2, 0.25) is 0 Å². The van der Waals surface area contributed by atoms with Crippen molar-refractivity contribution in [1.82, 2.24) is 0 Å². The van der Waals surface area contributed by atoms with Gasteiger partial charge in [-0.15, -0.1) is 0 Å². The van der Waals surface area contributed by atoms with Crippen molar-refractivity contribution in [2.75, 3.05) is 39.6 Å². The standard InChI is InChI=1S/C79H140O17P2/c1-5-9-13-17-21-25-29-33-36-40-43-47-51-55-59-63-76(81)89-69-74(95-78(83)65-61-57-53-49-45-39-32-28-24-20-16-12-8-4)71-93-97(85,86)91-67-73(80)68-92-98(87,88)94-72-75(96-79(84)66-62-58-54-50-46-42-38-35-31-27-23-19-15-11-7-3)70-90-77(82)64-60-56-52-48-44-41-37-34-30-26-22-18-14-10-6-2/h10,14,21-22,25-26,28,32-34,36-37,44,48,73-75,80H,5-9,11-13,15-20,23-24,27,29-31,35,38-43,45-47,49-72H2,1-4H3,(H,85,86)(H,87,88)/b14-10-,25-21-,26-22-,32-28-,36-33-,37-34-,48-44-. The van der Waals surface area contributed by atoms with Crippen molar-refractivity contribution in [2.45, 2.75) is 354 Å². The highest BCUT2D eigenvalue weighted by molar-refractivity contribution is 7.47. The Balaban J connectivity index is 5.37. The molecule has 0 aliphatic rings. The summed E-state index contributed by atoms with van der Waals surface area (Å²) in [5.41, 5.74) is 0. The molecule has 5 unspecified atom stereocenters. The molecule has 0 aromatic heterocycles. The van der Waals surface area contributed by atoms with Crippen molar-refractivity contribution >= 4 is 39.5 Å². The summed E-state index contributed by atoms with van der Waals surface area (Å²) >= 11 is 0. The van der Waals surface area contributed by atoms with Gasteiger partial charge in [0.1, 0.15) is 19.3 Å². The number of rotatable bonds is 73. The highest BCUT2D eigenvalue weighted by Crippen LogP contribution is 2.45. The first-order valence-corrected chi connectivity index (χ1v) is 41.8. The van der Waals surface area contributed by atoms with E-state index < -0.39 is 97.5 Å². The third-order valence-corrected chi connectivity index (χ3v) is 18.2. The van der Waals surface area contributed by atoms with Gasteiger partial charge in [0.15, 0.2) is 12.2 Å². The molecule has 17 nitrogen and oxygen atoms in total. The van der Waals surface area contributed by atoms with Crippen LogP contribution in [0.2, 0.25) is 0 Å². The minimum absolute atomic E-state index is 0.0828. The van der Waals surface area contributed by atoms with Crippen molar-refractivity contribution in [3.8, 4) is 0 Å². The quantitative estimate of drug-likeness (QED) is 0.0169. The number of ether oxygens (including phenoxy) is 4. The van der Waals surface area contributed by atoms with Crippen LogP contribution in [-0.2, 0) is 65.4 Å². The molecule has 5 atom stereocenters. The molecule has 0 aromatic carbocycles. The van der Waals surface area contributed by atoms with E-state index >= 15 is 0 Å². The molecular formula is C79H140O17P2. The van der Waals surface area contributed by atoms with E-state index in [9.17, 15) is 43.2 Å². The smallest absolute Gasteiger partial charge is 0.462 e. The Labute approximate surface area is 595 Å². The average Bonchev–Trinajstić information content (AvgIpc) is 1.04. The fourth-order valence-electron chi connectivity index (χ4n) is 10.4. The molecule has 0 bridgehead atoms. The lowest BCUT2D eigenvalue weighted by atomic mass is 10.0. The summed E-state index contributed by atoms with van der Waals surface area (Å²) in [5, 5.41) is 10.6. The van der Waals surface area contributed by atoms with Crippen LogP contribution in [0.25, 0.3) is 0 Å². The minimum atomic E-state index is -4.98. The molecule has 98 heavy (non-hydrogen) atoms. The van der Waals surface area contributed by atoms with E-state index in [0.717, 1.165) is 148 Å². The lowest BCUT2D eigenvalue weighted by Gasteiger charge is -2.21. The molecule has 0 saturated heterocycles. The van der Waals surface area contributed by atoms with Crippen LogP contribution in [0.1, 0.15) is 336 Å². The van der Waals surface area contributed by atoms with Crippen LogP contribution < -0.4 is 0 Å². The number of phosphoric ester groups is 2. The Bertz CT molecular complexity index is 2190. The van der Waals surface area contributed by atoms with E-state index in [-0.39, 0.29) is 25.7 Å². The maximum atomic E-state index is 13.1. The summed E-state index contributed by atoms with van der Waals surface area (Å²) in [4.78, 5) is 72.9. The molecule has 0 aliphatic carbocycles. The summed E-state index contributed by atoms with van der Waals surface area (Å²) in [6.07, 6.45) is 72.8. The van der Waals surface area contributed by atoms with E-state index in [1.807, 2.05) is 0 Å². The van der Waals surface area contributed by atoms with Gasteiger partial charge in [0.25, 0.3) is 0 Å². The van der Waals surface area contributed by atoms with Gasteiger partial charge < -0.3 is 33.8 Å². The Morgan fingerprint density at radius 1 is 0.296 bits per heavy atom. The predicted molar refractivity (Wildman–Crippen MR) is 399 cm³/mol. The van der Waals surface area contributed by atoms with Crippen LogP contribution in [0.4, 0.5) is 0 Å². The van der Waals surface area contributed by atoms with Gasteiger partial charge in [-0.2, -0.15) is 0 Å². The van der Waals surface area contributed by atoms with Gasteiger partial charge in [-0.05, 0) is 122 Å². The van der Waals surface area contributed by atoms with Gasteiger partial charge in [0.05, 0.1) is 26.4 Å². The van der Waals surface area contributed by atoms with Crippen LogP contribution in [-0.4, -0.2) is 96.7 Å². The monoisotopic (exact) mass is 1420 g/mol. The number of aliphatic hydroxyl groups excluding tert-OH is 1. The Kier molecular flexibility index (Phi) is 68.9. The number of esters is 4. The molecule has 0 aliphatic heterocycles. The Morgan fingerprint density at radius 3 is 0.878 bits per heavy atom. The first-order valence-electron chi connectivity index (χ1n) is 38.8. The molecular weight excluding hydrogens is 1280 g/mol. The average molecular weight is 1420 g/mol. The highest BCUT2D eigenvalue weighted by atomic mass is 31.2. The summed E-state index contributed by atoms with van der Waals surface area (Å²) in [7, 11) is -9.96. The summed E-state index contributed by atoms with van der Waals surface area (Å²) in [5.74, 6) is -2.23. The number of aliphatic hydroxyl groups is 1. The second-order valence-electron chi connectivity index (χ2n) is 25.9. The topological polar surface area (TPSA) is 237 Å². The van der Waals surface area contributed by atoms with Crippen LogP contribution in [0.5, 0.6) is 0 Å². The fourth-order valence-corrected chi connectivity index (χ4v) is 12.0. The van der Waals surface area contributed by atoms with Crippen molar-refractivity contribution in [3.05, 3.63) is 85.1 Å². The second kappa shape index (κ2) is 71.6. The van der Waals surface area contributed by atoms with Crippen LogP contribution in [0.15, 0.2) is 85.1 Å². The van der Waals surface area contributed by atoms with Gasteiger partial charge in [-0.3, -0.25) is 37.3 Å². The van der Waals surface area contributed by atoms with Crippen LogP contribution in [0.3, 0.4) is 0 Å². The Morgan fingerprint density at radius 2 is 0.531 bits per heavy atom. The van der Waals surface area contributed by atoms with E-state index in [2.05, 4.69) is 113 Å². The van der Waals surface area contributed by atoms with E-state index in [1.54, 1.807) is 0 Å². The molecule has 0 amide bonds. The molecule has 0 saturated carbocycles. The molecule has 0 aromatic rings. The number of hydrogen-bond donors (Lipinski definition) is 3. The third-order valence-electron chi connectivity index (χ3n) is 16.3. The summed E-state index contributed by atoms with van der Waals surface area (Å²) < 4.78 is 68.5. The first kappa shape index (κ1) is 94.2. The largest absolute Gasteiger partial charge is 0.472 e. The number of hydrogen-bond acceptors (Lipinski definition) is 15. The first-order chi connectivity index (χ1) is 47.7. The number of allylic oxidation sites excluding steroid dienone is 14. The highest BCUT2D eigenvalue weighted by Gasteiger charge is 2.30. The summed E-state index contributed by atoms with van der Waals surface area (Å²) in [6, 6.07) is 0. The third kappa shape index (κ3) is 70.7. The molecule has 3 N–H and O–H groups in total. The number of carbonyl (C=O) groups is 4. The normalized spacial score (nSPS) is 14.4. The van der Waals surface area contributed by atoms with Crippen LogP contribution in [0, 0.1) is 0 Å². The van der Waals surface area contributed by atoms with Gasteiger partial charge in [0, 0.05) is 25.7 Å². The van der Waals surface area contributed by atoms with E-state index in [1.165, 1.54) is 109 Å². The number of phosphoric acid groups is 2. The van der Waals surface area contributed by atoms with Gasteiger partial charge in [-0.1, -0.05) is 273 Å². The lowest BCUT2D eigenvalue weighted by molar-refractivity contribution is -0.161. The SMILES string of the molecule is CC/C=C\C/C=C\C/C=C\C/C=C\CCCCC(=O)OCC(COP(=O)(O)OCC(O)COP(=O)(O)OCC(COC(=O)CCCCCCC/C=C\C/C=C\CCCCC)OC(=O)CCCCCCC/C=C\CCCCCC)OC(=O)CCCCCCCCCCCCCCCCC. The fraction of sp³-hybridized carbons (Fsp3) is 0.772. The summed E-state index contributed by atoms with van der Waals surface area (Å²) in [6.45, 7) is 4.69. The van der Waals surface area contributed by atoms with Crippen molar-refractivity contribution in [2.24, 2.45) is 0 Å². The molecule has 0 heterocycles. The molecule has 0 spiro atoms. The maximum absolute atomic E-state index is 13.1. The number of unbranched alkanes of at least 4 members (excludes halogenated alkanes) is 33. The minimum Gasteiger partial charge on any atom is -0.462 e. The lowest BCUT2D eigenvalue weighted by Crippen LogP contribution is -2.30. The zero-order valence-corrected chi connectivity index (χ0v) is 63.7. The molecule has 0 rings (SSSR count). The van der Waals surface area contributed by atoms with Gasteiger partial charge in [-0.25, -0.2) is 9.13 Å². The molecule has 19 heteroatoms. The van der Waals surface area contributed by atoms with E-state index in [4.69, 9.17) is 37.0 Å². The molecule has 0 fully saturated rings. The zero-order valence-electron chi connectivity index (χ0n) is 62.0. The molecule has 568 valence electrons. The molecule has 0 radical (unpaired) electrons. The Hall–Kier alpha value is -3.76. The van der Waals surface area contributed by atoms with Crippen molar-refractivity contribution in [3.63, 3.8) is 0 Å². The second-order valence-corrected chi connectivity index (χ2v) is 28.8. The number of carbonyl (C=O) groups excluding carboxylic acids is 4. The van der Waals surface area contributed by atoms with Gasteiger partial charge >= 0.3 is 39.5 Å². The maximum Gasteiger partial charge on any atom is 0.472 e. The van der Waals surface area contributed by atoms with Crippen molar-refractivity contribution < 1.29 is 80.2 Å². The zero-order chi connectivity index (χ0) is 71.8. The van der Waals surface area contributed by atoms with Crippen LogP contribution >= 0.6 is 15.6 Å². The van der Waals surface area contributed by atoms with E-state index in [0.29, 0.717) is 25.7 Å². The van der Waals surface area contributed by atoms with Crippen molar-refractivity contribution in [1.29, 1.82) is 0 Å². The predicted octanol–water partition coefficient (Wildman–Crippen LogP) is 22.2.